The number of carboxylic acid groups (broad SMARTS) is 2. The predicted octanol–water partition coefficient (Wildman–Crippen LogP) is -0.154. The molecule has 1 amide bonds. The molecule has 17 heavy (non-hydrogen) atoms. The number of aliphatic carboxylic acids is 2. The van der Waals surface area contributed by atoms with Gasteiger partial charge in [0, 0.05) is 13.5 Å². The highest BCUT2D eigenvalue weighted by Crippen LogP contribution is 2.09. The summed E-state index contributed by atoms with van der Waals surface area (Å²) in [5.41, 5.74) is -1.16. The Balaban J connectivity index is 4.50. The molecule has 0 unspecified atom stereocenters. The highest BCUT2D eigenvalue weighted by atomic mass is 16.5. The Morgan fingerprint density at radius 3 is 2.18 bits per heavy atom. The fourth-order valence-electron chi connectivity index (χ4n) is 0.950. The van der Waals surface area contributed by atoms with E-state index in [1.165, 1.54) is 21.0 Å². The van der Waals surface area contributed by atoms with E-state index in [2.05, 4.69) is 5.32 Å². The van der Waals surface area contributed by atoms with Crippen molar-refractivity contribution in [1.29, 1.82) is 0 Å². The maximum Gasteiger partial charge on any atom is 0.326 e. The maximum absolute atomic E-state index is 11.6. The second kappa shape index (κ2) is 6.19. The standard InChI is InChI=1S/C10H17NO6/c1-10(2,17-3)9(16)11-6(8(14)15)4-5-7(12)13/h6H,4-5H2,1-3H3,(H,11,16)(H,12,13)(H,14,15)/t6-/m0/s1. The Hall–Kier alpha value is -1.63. The van der Waals surface area contributed by atoms with E-state index in [0.29, 0.717) is 0 Å². The van der Waals surface area contributed by atoms with Gasteiger partial charge in [0.05, 0.1) is 0 Å². The van der Waals surface area contributed by atoms with Crippen molar-refractivity contribution in [1.82, 2.24) is 5.32 Å². The monoisotopic (exact) mass is 247 g/mol. The Labute approximate surface area is 98.8 Å². The second-order valence-electron chi connectivity index (χ2n) is 4.01. The first-order valence-corrected chi connectivity index (χ1v) is 5.01. The number of carboxylic acids is 2. The lowest BCUT2D eigenvalue weighted by Gasteiger charge is -2.24. The SMILES string of the molecule is COC(C)(C)C(=O)N[C@@H](CCC(=O)O)C(=O)O. The zero-order valence-electron chi connectivity index (χ0n) is 10.0. The number of methoxy groups -OCH3 is 1. The first-order valence-electron chi connectivity index (χ1n) is 5.01. The second-order valence-corrected chi connectivity index (χ2v) is 4.01. The number of carbonyl (C=O) groups excluding carboxylic acids is 1. The van der Waals surface area contributed by atoms with Crippen molar-refractivity contribution >= 4 is 17.8 Å². The van der Waals surface area contributed by atoms with Gasteiger partial charge >= 0.3 is 11.9 Å². The highest BCUT2D eigenvalue weighted by Gasteiger charge is 2.31. The summed E-state index contributed by atoms with van der Waals surface area (Å²) in [4.78, 5) is 32.8. The summed E-state index contributed by atoms with van der Waals surface area (Å²) >= 11 is 0. The minimum absolute atomic E-state index is 0.170. The third kappa shape index (κ3) is 5.30. The minimum atomic E-state index is -1.27. The van der Waals surface area contributed by atoms with Crippen LogP contribution in [0.15, 0.2) is 0 Å². The Morgan fingerprint density at radius 2 is 1.82 bits per heavy atom. The normalized spacial score (nSPS) is 12.9. The summed E-state index contributed by atoms with van der Waals surface area (Å²) in [6.07, 6.45) is -0.499. The molecular weight excluding hydrogens is 230 g/mol. The molecule has 0 saturated heterocycles. The van der Waals surface area contributed by atoms with Crippen LogP contribution in [0.2, 0.25) is 0 Å². The van der Waals surface area contributed by atoms with Crippen LogP contribution >= 0.6 is 0 Å². The third-order valence-corrected chi connectivity index (χ3v) is 2.31. The van der Waals surface area contributed by atoms with Gasteiger partial charge in [0.2, 0.25) is 0 Å². The molecule has 0 aliphatic rings. The number of nitrogens with one attached hydrogen (secondary N) is 1. The number of carbonyl (C=O) groups is 3. The summed E-state index contributed by atoms with van der Waals surface area (Å²) in [6, 6.07) is -1.23. The van der Waals surface area contributed by atoms with Crippen molar-refractivity contribution in [2.75, 3.05) is 7.11 Å². The number of amides is 1. The van der Waals surface area contributed by atoms with Crippen LogP contribution in [0.3, 0.4) is 0 Å². The first kappa shape index (κ1) is 15.4. The number of hydrogen-bond donors (Lipinski definition) is 3. The van der Waals surface area contributed by atoms with Crippen LogP contribution in [-0.4, -0.2) is 46.8 Å². The fourth-order valence-corrected chi connectivity index (χ4v) is 0.950. The molecule has 0 rings (SSSR count). The maximum atomic E-state index is 11.6. The quantitative estimate of drug-likeness (QED) is 0.576. The summed E-state index contributed by atoms with van der Waals surface area (Å²) in [5, 5.41) is 19.5. The molecule has 0 heterocycles. The van der Waals surface area contributed by atoms with E-state index in [9.17, 15) is 14.4 Å². The molecule has 0 fully saturated rings. The van der Waals surface area contributed by atoms with Gasteiger partial charge in [0.25, 0.3) is 5.91 Å². The average Bonchev–Trinajstić information content (AvgIpc) is 2.22. The van der Waals surface area contributed by atoms with Gasteiger partial charge in [0.15, 0.2) is 0 Å². The molecule has 0 saturated carbocycles. The summed E-state index contributed by atoms with van der Waals surface area (Å²) in [7, 11) is 1.33. The van der Waals surface area contributed by atoms with Crippen LogP contribution < -0.4 is 5.32 Å². The molecule has 1 atom stereocenters. The van der Waals surface area contributed by atoms with Crippen molar-refractivity contribution < 1.29 is 29.3 Å². The van der Waals surface area contributed by atoms with E-state index in [1.54, 1.807) is 0 Å². The van der Waals surface area contributed by atoms with Crippen LogP contribution in [0.25, 0.3) is 0 Å². The molecule has 0 bridgehead atoms. The summed E-state index contributed by atoms with van der Waals surface area (Å²) in [6.45, 7) is 2.97. The molecular formula is C10H17NO6. The van der Waals surface area contributed by atoms with E-state index in [1.807, 2.05) is 0 Å². The molecule has 0 aromatic carbocycles. The van der Waals surface area contributed by atoms with Crippen LogP contribution in [0, 0.1) is 0 Å². The van der Waals surface area contributed by atoms with Crippen molar-refractivity contribution in [2.45, 2.75) is 38.3 Å². The lowest BCUT2D eigenvalue weighted by molar-refractivity contribution is -0.148. The van der Waals surface area contributed by atoms with Crippen LogP contribution in [0.5, 0.6) is 0 Å². The van der Waals surface area contributed by atoms with E-state index in [-0.39, 0.29) is 12.8 Å². The van der Waals surface area contributed by atoms with E-state index >= 15 is 0 Å². The van der Waals surface area contributed by atoms with E-state index < -0.39 is 29.5 Å². The molecule has 0 aromatic rings. The van der Waals surface area contributed by atoms with Crippen molar-refractivity contribution in [3.05, 3.63) is 0 Å². The van der Waals surface area contributed by atoms with Crippen molar-refractivity contribution in [2.24, 2.45) is 0 Å². The lowest BCUT2D eigenvalue weighted by Crippen LogP contribution is -2.50. The molecule has 7 heteroatoms. The first-order chi connectivity index (χ1) is 7.70. The molecule has 0 spiro atoms. The highest BCUT2D eigenvalue weighted by molar-refractivity contribution is 5.88. The van der Waals surface area contributed by atoms with Gasteiger partial charge in [-0.3, -0.25) is 9.59 Å². The molecule has 0 aliphatic carbocycles. The van der Waals surface area contributed by atoms with Crippen molar-refractivity contribution in [3.8, 4) is 0 Å². The zero-order valence-corrected chi connectivity index (χ0v) is 10.0. The lowest BCUT2D eigenvalue weighted by atomic mass is 10.1. The smallest absolute Gasteiger partial charge is 0.326 e. The van der Waals surface area contributed by atoms with Gasteiger partial charge in [-0.25, -0.2) is 4.79 Å². The Morgan fingerprint density at radius 1 is 1.29 bits per heavy atom. The Bertz CT molecular complexity index is 312. The molecule has 98 valence electrons. The van der Waals surface area contributed by atoms with Gasteiger partial charge in [-0.2, -0.15) is 0 Å². The van der Waals surface area contributed by atoms with Crippen LogP contribution in [-0.2, 0) is 19.1 Å². The van der Waals surface area contributed by atoms with Gasteiger partial charge in [0.1, 0.15) is 11.6 Å². The fraction of sp³-hybridized carbons (Fsp3) is 0.700. The average molecular weight is 247 g/mol. The van der Waals surface area contributed by atoms with Crippen molar-refractivity contribution in [3.63, 3.8) is 0 Å². The topological polar surface area (TPSA) is 113 Å². The van der Waals surface area contributed by atoms with Gasteiger partial charge in [-0.05, 0) is 20.3 Å². The number of hydrogen-bond acceptors (Lipinski definition) is 4. The third-order valence-electron chi connectivity index (χ3n) is 2.31. The summed E-state index contributed by atoms with van der Waals surface area (Å²) in [5.74, 6) is -2.99. The summed E-state index contributed by atoms with van der Waals surface area (Å²) < 4.78 is 4.88. The minimum Gasteiger partial charge on any atom is -0.481 e. The van der Waals surface area contributed by atoms with Gasteiger partial charge < -0.3 is 20.3 Å². The van der Waals surface area contributed by atoms with E-state index in [0.717, 1.165) is 0 Å². The molecule has 0 aliphatic heterocycles. The number of rotatable bonds is 7. The predicted molar refractivity (Wildman–Crippen MR) is 57.5 cm³/mol. The van der Waals surface area contributed by atoms with Gasteiger partial charge in [-0.1, -0.05) is 0 Å². The molecule has 3 N–H and O–H groups in total. The molecule has 0 radical (unpaired) electrons. The van der Waals surface area contributed by atoms with Crippen LogP contribution in [0.4, 0.5) is 0 Å². The molecule has 0 aromatic heterocycles. The Kier molecular flexibility index (Phi) is 5.60. The van der Waals surface area contributed by atoms with E-state index in [4.69, 9.17) is 14.9 Å². The zero-order chi connectivity index (χ0) is 13.6. The largest absolute Gasteiger partial charge is 0.481 e. The van der Waals surface area contributed by atoms with Gasteiger partial charge in [-0.15, -0.1) is 0 Å². The number of ether oxygens (including phenoxy) is 1. The van der Waals surface area contributed by atoms with Crippen LogP contribution in [0.1, 0.15) is 26.7 Å². The molecule has 7 nitrogen and oxygen atoms in total.